The lowest BCUT2D eigenvalue weighted by atomic mass is 10.2. The van der Waals surface area contributed by atoms with E-state index in [1.807, 2.05) is 0 Å². The Labute approximate surface area is 184 Å². The zero-order valence-electron chi connectivity index (χ0n) is 14.7. The number of benzene rings is 2. The van der Waals surface area contributed by atoms with E-state index in [4.69, 9.17) is 23.2 Å². The Morgan fingerprint density at radius 3 is 2.62 bits per heavy atom. The smallest absolute Gasteiger partial charge is 0.259 e. The molecule has 29 heavy (non-hydrogen) atoms. The molecular formula is C19H14Cl2FN3O2S2. The zero-order chi connectivity index (χ0) is 20.8. The van der Waals surface area contributed by atoms with E-state index in [1.54, 1.807) is 17.5 Å². The van der Waals surface area contributed by atoms with Crippen LogP contribution in [-0.4, -0.2) is 22.6 Å². The maximum Gasteiger partial charge on any atom is 0.259 e. The molecule has 3 rings (SSSR count). The topological polar surface area (TPSA) is 71.1 Å². The van der Waals surface area contributed by atoms with Gasteiger partial charge in [0.05, 0.1) is 22.0 Å². The third kappa shape index (κ3) is 6.43. The predicted octanol–water partition coefficient (Wildman–Crippen LogP) is 5.71. The van der Waals surface area contributed by atoms with Crippen LogP contribution in [0.4, 0.5) is 15.2 Å². The minimum atomic E-state index is -0.398. The minimum absolute atomic E-state index is 0.194. The molecule has 0 saturated heterocycles. The molecule has 0 fully saturated rings. The molecule has 0 unspecified atom stereocenters. The van der Waals surface area contributed by atoms with Crippen LogP contribution < -0.4 is 10.6 Å². The number of nitrogens with one attached hydrogen (secondary N) is 2. The molecule has 0 bridgehead atoms. The maximum absolute atomic E-state index is 12.9. The van der Waals surface area contributed by atoms with Crippen molar-refractivity contribution in [2.45, 2.75) is 5.75 Å². The number of hydrogen-bond acceptors (Lipinski definition) is 5. The minimum Gasteiger partial charge on any atom is -0.325 e. The van der Waals surface area contributed by atoms with Gasteiger partial charge in [0.15, 0.2) is 5.13 Å². The monoisotopic (exact) mass is 469 g/mol. The van der Waals surface area contributed by atoms with E-state index in [9.17, 15) is 14.0 Å². The Morgan fingerprint density at radius 2 is 1.86 bits per heavy atom. The lowest BCUT2D eigenvalue weighted by Gasteiger charge is -2.05. The number of hydrogen-bond donors (Lipinski definition) is 2. The molecular weight excluding hydrogens is 456 g/mol. The Bertz CT molecular complexity index is 1030. The summed E-state index contributed by atoms with van der Waals surface area (Å²) in [6.07, 6.45) is 0. The van der Waals surface area contributed by atoms with Gasteiger partial charge in [0.1, 0.15) is 5.82 Å². The van der Waals surface area contributed by atoms with Crippen LogP contribution in [0.3, 0.4) is 0 Å². The van der Waals surface area contributed by atoms with Crippen LogP contribution in [0.25, 0.3) is 0 Å². The molecule has 2 aromatic carbocycles. The van der Waals surface area contributed by atoms with Gasteiger partial charge < -0.3 is 5.32 Å². The first kappa shape index (κ1) is 21.6. The van der Waals surface area contributed by atoms with Crippen molar-refractivity contribution < 1.29 is 14.0 Å². The number of halogens is 3. The maximum atomic E-state index is 12.9. The average Bonchev–Trinajstić information content (AvgIpc) is 3.12. The highest BCUT2D eigenvalue weighted by Crippen LogP contribution is 2.24. The van der Waals surface area contributed by atoms with Crippen LogP contribution in [0.15, 0.2) is 47.8 Å². The number of nitrogens with zero attached hydrogens (tertiary/aromatic N) is 1. The molecule has 150 valence electrons. The highest BCUT2D eigenvalue weighted by molar-refractivity contribution is 7.99. The van der Waals surface area contributed by atoms with Crippen LogP contribution in [0.5, 0.6) is 0 Å². The number of anilines is 2. The lowest BCUT2D eigenvalue weighted by molar-refractivity contribution is -0.113. The lowest BCUT2D eigenvalue weighted by Crippen LogP contribution is -2.14. The normalized spacial score (nSPS) is 10.6. The summed E-state index contributed by atoms with van der Waals surface area (Å²) in [5, 5.41) is 8.32. The first-order chi connectivity index (χ1) is 13.9. The Kier molecular flexibility index (Phi) is 7.49. The van der Waals surface area contributed by atoms with Crippen LogP contribution in [0, 0.1) is 5.82 Å². The average molecular weight is 470 g/mol. The summed E-state index contributed by atoms with van der Waals surface area (Å²) < 4.78 is 12.9. The summed E-state index contributed by atoms with van der Waals surface area (Å²) in [6, 6.07) is 10.2. The van der Waals surface area contributed by atoms with E-state index in [2.05, 4.69) is 15.6 Å². The molecule has 0 aliphatic carbocycles. The number of amides is 2. The van der Waals surface area contributed by atoms with Crippen molar-refractivity contribution >= 4 is 68.9 Å². The van der Waals surface area contributed by atoms with E-state index < -0.39 is 5.91 Å². The molecule has 0 radical (unpaired) electrons. The molecule has 2 amide bonds. The number of thioether (sulfide) groups is 1. The second-order valence-electron chi connectivity index (χ2n) is 5.77. The summed E-state index contributed by atoms with van der Waals surface area (Å²) in [7, 11) is 0. The number of carbonyl (C=O) groups is 2. The van der Waals surface area contributed by atoms with Gasteiger partial charge in [-0.1, -0.05) is 23.2 Å². The van der Waals surface area contributed by atoms with E-state index in [0.717, 1.165) is 5.69 Å². The Balaban J connectivity index is 1.47. The van der Waals surface area contributed by atoms with E-state index in [1.165, 1.54) is 53.4 Å². The second-order valence-corrected chi connectivity index (χ2v) is 8.46. The Hall–Kier alpha value is -2.13. The SMILES string of the molecule is O=C(CSCc1csc(NC(=O)c2cc(Cl)ccc2Cl)n1)Nc1ccc(F)cc1. The van der Waals surface area contributed by atoms with Crippen molar-refractivity contribution in [2.75, 3.05) is 16.4 Å². The van der Waals surface area contributed by atoms with Crippen LogP contribution in [-0.2, 0) is 10.5 Å². The van der Waals surface area contributed by atoms with Gasteiger partial charge in [-0.15, -0.1) is 23.1 Å². The molecule has 0 atom stereocenters. The van der Waals surface area contributed by atoms with Gasteiger partial charge in [0.2, 0.25) is 5.91 Å². The molecule has 2 N–H and O–H groups in total. The Morgan fingerprint density at radius 1 is 1.10 bits per heavy atom. The van der Waals surface area contributed by atoms with Gasteiger partial charge in [-0.3, -0.25) is 14.9 Å². The van der Waals surface area contributed by atoms with Gasteiger partial charge in [-0.25, -0.2) is 9.37 Å². The molecule has 1 aromatic heterocycles. The summed E-state index contributed by atoms with van der Waals surface area (Å²) in [4.78, 5) is 28.6. The number of rotatable bonds is 7. The van der Waals surface area contributed by atoms with Gasteiger partial charge >= 0.3 is 0 Å². The van der Waals surface area contributed by atoms with Crippen molar-refractivity contribution in [3.8, 4) is 0 Å². The van der Waals surface area contributed by atoms with Crippen molar-refractivity contribution in [1.82, 2.24) is 4.98 Å². The molecule has 10 heteroatoms. The van der Waals surface area contributed by atoms with Crippen LogP contribution in [0.1, 0.15) is 16.1 Å². The number of aromatic nitrogens is 1. The van der Waals surface area contributed by atoms with E-state index in [0.29, 0.717) is 26.6 Å². The largest absolute Gasteiger partial charge is 0.325 e. The van der Waals surface area contributed by atoms with Crippen molar-refractivity contribution in [3.63, 3.8) is 0 Å². The third-order valence-electron chi connectivity index (χ3n) is 3.56. The first-order valence-electron chi connectivity index (χ1n) is 8.24. The summed E-state index contributed by atoms with van der Waals surface area (Å²) >= 11 is 14.6. The predicted molar refractivity (Wildman–Crippen MR) is 118 cm³/mol. The van der Waals surface area contributed by atoms with E-state index in [-0.39, 0.29) is 23.0 Å². The molecule has 0 aliphatic heterocycles. The van der Waals surface area contributed by atoms with Crippen molar-refractivity contribution in [2.24, 2.45) is 0 Å². The molecule has 0 aliphatic rings. The summed E-state index contributed by atoms with van der Waals surface area (Å²) in [6.45, 7) is 0. The summed E-state index contributed by atoms with van der Waals surface area (Å²) in [5.41, 5.74) is 1.54. The van der Waals surface area contributed by atoms with Crippen LogP contribution >= 0.6 is 46.3 Å². The van der Waals surface area contributed by atoms with Crippen molar-refractivity contribution in [3.05, 3.63) is 75.0 Å². The molecule has 0 spiro atoms. The van der Waals surface area contributed by atoms with Gasteiger partial charge in [0.25, 0.3) is 5.91 Å². The quantitative estimate of drug-likeness (QED) is 0.464. The zero-order valence-corrected chi connectivity index (χ0v) is 17.9. The fraction of sp³-hybridized carbons (Fsp3) is 0.105. The summed E-state index contributed by atoms with van der Waals surface area (Å²) in [5.74, 6) is -0.234. The van der Waals surface area contributed by atoms with Crippen molar-refractivity contribution in [1.29, 1.82) is 0 Å². The van der Waals surface area contributed by atoms with Gasteiger partial charge in [-0.2, -0.15) is 0 Å². The molecule has 1 heterocycles. The standard InChI is InChI=1S/C19H14Cl2FN3O2S2/c20-11-1-6-16(21)15(7-11)18(27)25-19-24-14(9-29-19)8-28-10-17(26)23-13-4-2-12(22)3-5-13/h1-7,9H,8,10H2,(H,23,26)(H,24,25,27). The van der Waals surface area contributed by atoms with E-state index >= 15 is 0 Å². The second kappa shape index (κ2) is 10.1. The highest BCUT2D eigenvalue weighted by atomic mass is 35.5. The fourth-order valence-electron chi connectivity index (χ4n) is 2.25. The van der Waals surface area contributed by atoms with Gasteiger partial charge in [0, 0.05) is 21.8 Å². The first-order valence-corrected chi connectivity index (χ1v) is 11.0. The van der Waals surface area contributed by atoms with Crippen LogP contribution in [0.2, 0.25) is 10.0 Å². The number of thiazole rings is 1. The third-order valence-corrected chi connectivity index (χ3v) is 5.89. The van der Waals surface area contributed by atoms with Gasteiger partial charge in [-0.05, 0) is 42.5 Å². The number of carbonyl (C=O) groups excluding carboxylic acids is 2. The molecule has 3 aromatic rings. The fourth-order valence-corrected chi connectivity index (χ4v) is 4.15. The molecule has 5 nitrogen and oxygen atoms in total. The highest BCUT2D eigenvalue weighted by Gasteiger charge is 2.13. The molecule has 0 saturated carbocycles.